The van der Waals surface area contributed by atoms with Gasteiger partial charge < -0.3 is 19.2 Å². The van der Waals surface area contributed by atoms with Gasteiger partial charge in [-0.15, -0.1) is 0 Å². The molecule has 0 spiro atoms. The van der Waals surface area contributed by atoms with Crippen molar-refractivity contribution < 1.29 is 33.1 Å². The van der Waals surface area contributed by atoms with Gasteiger partial charge in [-0.3, -0.25) is 14.4 Å². The summed E-state index contributed by atoms with van der Waals surface area (Å²) < 4.78 is 15.1. The van der Waals surface area contributed by atoms with Gasteiger partial charge in [0.25, 0.3) is 0 Å². The number of hydrogen-bond donors (Lipinski definition) is 1. The fraction of sp³-hybridized carbons (Fsp3) is 0.200. The van der Waals surface area contributed by atoms with E-state index in [4.69, 9.17) is 13.9 Å². The van der Waals surface area contributed by atoms with Crippen molar-refractivity contribution in [2.75, 3.05) is 11.9 Å². The van der Waals surface area contributed by atoms with Crippen LogP contribution in [0.3, 0.4) is 0 Å². The zero-order valence-corrected chi connectivity index (χ0v) is 18.3. The third kappa shape index (κ3) is 6.90. The summed E-state index contributed by atoms with van der Waals surface area (Å²) in [5.74, 6) is -1.75. The molecule has 0 aliphatic carbocycles. The van der Waals surface area contributed by atoms with Crippen LogP contribution in [0.1, 0.15) is 44.9 Å². The van der Waals surface area contributed by atoms with Crippen LogP contribution < -0.4 is 10.1 Å². The molecule has 3 aromatic rings. The summed E-state index contributed by atoms with van der Waals surface area (Å²) in [5.41, 5.74) is 3.11. The number of ether oxygens (including phenoxy) is 2. The molecule has 8 heteroatoms. The number of rotatable bonds is 9. The fourth-order valence-corrected chi connectivity index (χ4v) is 2.82. The summed E-state index contributed by atoms with van der Waals surface area (Å²) in [6.45, 7) is 3.47. The molecule has 0 atom stereocenters. The summed E-state index contributed by atoms with van der Waals surface area (Å²) in [7, 11) is 0. The normalized spacial score (nSPS) is 10.4. The van der Waals surface area contributed by atoms with Crippen molar-refractivity contribution in [3.05, 3.63) is 83.3 Å². The Morgan fingerprint density at radius 3 is 2.33 bits per heavy atom. The van der Waals surface area contributed by atoms with Crippen molar-refractivity contribution in [2.24, 2.45) is 0 Å². The molecule has 1 heterocycles. The predicted molar refractivity (Wildman–Crippen MR) is 119 cm³/mol. The van der Waals surface area contributed by atoms with Crippen LogP contribution in [-0.4, -0.2) is 30.2 Å². The van der Waals surface area contributed by atoms with Crippen LogP contribution >= 0.6 is 0 Å². The quantitative estimate of drug-likeness (QED) is 0.295. The first-order chi connectivity index (χ1) is 15.8. The number of ketones is 1. The highest BCUT2D eigenvalue weighted by molar-refractivity contribution is 5.98. The first-order valence-corrected chi connectivity index (χ1v) is 10.2. The maximum atomic E-state index is 12.2. The summed E-state index contributed by atoms with van der Waals surface area (Å²) in [6, 6.07) is 14.4. The van der Waals surface area contributed by atoms with Gasteiger partial charge in [0.1, 0.15) is 5.75 Å². The zero-order chi connectivity index (χ0) is 23.8. The van der Waals surface area contributed by atoms with Crippen LogP contribution in [0.15, 0.2) is 65.3 Å². The number of amides is 1. The second-order valence-electron chi connectivity index (χ2n) is 7.32. The average molecular weight is 449 g/mol. The lowest BCUT2D eigenvalue weighted by atomic mass is 10.1. The van der Waals surface area contributed by atoms with E-state index in [1.54, 1.807) is 12.1 Å². The van der Waals surface area contributed by atoms with E-state index in [9.17, 15) is 19.2 Å². The summed E-state index contributed by atoms with van der Waals surface area (Å²) in [6.07, 6.45) is 1.15. The molecule has 0 aliphatic heterocycles. The van der Waals surface area contributed by atoms with E-state index in [0.29, 0.717) is 5.69 Å². The van der Waals surface area contributed by atoms with Gasteiger partial charge in [0.2, 0.25) is 11.7 Å². The number of nitrogens with one attached hydrogen (secondary N) is 1. The Morgan fingerprint density at radius 2 is 1.67 bits per heavy atom. The Bertz CT molecular complexity index is 1150. The molecule has 0 unspecified atom stereocenters. The van der Waals surface area contributed by atoms with Gasteiger partial charge >= 0.3 is 11.9 Å². The Labute approximate surface area is 190 Å². The van der Waals surface area contributed by atoms with Crippen LogP contribution in [-0.2, 0) is 14.3 Å². The van der Waals surface area contributed by atoms with Crippen molar-refractivity contribution in [3.8, 4) is 5.75 Å². The number of aryl methyl sites for hydroxylation is 2. The van der Waals surface area contributed by atoms with Crippen LogP contribution in [0.5, 0.6) is 5.75 Å². The Kier molecular flexibility index (Phi) is 7.75. The number of benzene rings is 2. The van der Waals surface area contributed by atoms with Gasteiger partial charge in [-0.2, -0.15) is 0 Å². The van der Waals surface area contributed by atoms with Crippen molar-refractivity contribution in [1.29, 1.82) is 0 Å². The van der Waals surface area contributed by atoms with Crippen LogP contribution in [0.4, 0.5) is 5.69 Å². The second kappa shape index (κ2) is 10.9. The topological polar surface area (TPSA) is 112 Å². The fourth-order valence-electron chi connectivity index (χ4n) is 2.82. The zero-order valence-electron chi connectivity index (χ0n) is 18.3. The predicted octanol–water partition coefficient (Wildman–Crippen LogP) is 4.26. The van der Waals surface area contributed by atoms with Gasteiger partial charge in [-0.1, -0.05) is 6.07 Å². The Hall–Kier alpha value is -4.20. The molecule has 3 rings (SSSR count). The van der Waals surface area contributed by atoms with Gasteiger partial charge in [-0.05, 0) is 73.5 Å². The summed E-state index contributed by atoms with van der Waals surface area (Å²) in [5, 5.41) is 2.73. The summed E-state index contributed by atoms with van der Waals surface area (Å²) >= 11 is 0. The molecule has 0 fully saturated rings. The van der Waals surface area contributed by atoms with Crippen molar-refractivity contribution in [2.45, 2.75) is 26.7 Å². The molecule has 0 aliphatic rings. The molecule has 0 radical (unpaired) electrons. The van der Waals surface area contributed by atoms with Crippen LogP contribution in [0.25, 0.3) is 0 Å². The third-order valence-corrected chi connectivity index (χ3v) is 4.82. The summed E-state index contributed by atoms with van der Waals surface area (Å²) in [4.78, 5) is 48.0. The number of hydrogen-bond acceptors (Lipinski definition) is 7. The first kappa shape index (κ1) is 23.5. The van der Waals surface area contributed by atoms with Crippen molar-refractivity contribution >= 4 is 29.3 Å². The van der Waals surface area contributed by atoms with Gasteiger partial charge in [-0.25, -0.2) is 4.79 Å². The van der Waals surface area contributed by atoms with E-state index < -0.39 is 24.3 Å². The molecular weight excluding hydrogens is 426 g/mol. The minimum atomic E-state index is -0.658. The Balaban J connectivity index is 1.40. The molecule has 1 amide bonds. The minimum Gasteiger partial charge on any atom is -0.457 e. The number of esters is 2. The van der Waals surface area contributed by atoms with Gasteiger partial charge in [0.15, 0.2) is 12.4 Å². The van der Waals surface area contributed by atoms with Crippen molar-refractivity contribution in [1.82, 2.24) is 0 Å². The first-order valence-electron chi connectivity index (χ1n) is 10.2. The molecular formula is C25H23NO7. The maximum Gasteiger partial charge on any atom is 0.379 e. The lowest BCUT2D eigenvalue weighted by Crippen LogP contribution is -2.17. The molecule has 1 aromatic heterocycles. The van der Waals surface area contributed by atoms with E-state index >= 15 is 0 Å². The number of furan rings is 1. The second-order valence-corrected chi connectivity index (χ2v) is 7.32. The Morgan fingerprint density at radius 1 is 0.909 bits per heavy atom. The average Bonchev–Trinajstić information content (AvgIpc) is 3.34. The number of carbonyl (C=O) groups is 4. The smallest absolute Gasteiger partial charge is 0.379 e. The van der Waals surface area contributed by atoms with Crippen LogP contribution in [0.2, 0.25) is 0 Å². The molecule has 1 N–H and O–H groups in total. The highest BCUT2D eigenvalue weighted by Crippen LogP contribution is 2.16. The van der Waals surface area contributed by atoms with Gasteiger partial charge in [0, 0.05) is 17.7 Å². The van der Waals surface area contributed by atoms with E-state index in [1.165, 1.54) is 36.6 Å². The van der Waals surface area contributed by atoms with E-state index in [0.717, 1.165) is 11.1 Å². The SMILES string of the molecule is Cc1ccc(NC(=O)CCC(=O)OCC(=O)c2ccc(OC(=O)c3ccco3)cc2)cc1C. The van der Waals surface area contributed by atoms with Crippen molar-refractivity contribution in [3.63, 3.8) is 0 Å². The minimum absolute atomic E-state index is 0.0598. The molecule has 2 aromatic carbocycles. The third-order valence-electron chi connectivity index (χ3n) is 4.82. The molecule has 0 saturated carbocycles. The molecule has 8 nitrogen and oxygen atoms in total. The monoisotopic (exact) mass is 449 g/mol. The molecule has 170 valence electrons. The van der Waals surface area contributed by atoms with Gasteiger partial charge in [0.05, 0.1) is 12.7 Å². The number of carbonyl (C=O) groups excluding carboxylic acids is 4. The highest BCUT2D eigenvalue weighted by Gasteiger charge is 2.14. The van der Waals surface area contributed by atoms with Crippen LogP contribution in [0, 0.1) is 13.8 Å². The molecule has 0 saturated heterocycles. The number of anilines is 1. The van der Waals surface area contributed by atoms with E-state index in [2.05, 4.69) is 5.32 Å². The van der Waals surface area contributed by atoms with E-state index in [1.807, 2.05) is 26.0 Å². The lowest BCUT2D eigenvalue weighted by molar-refractivity contribution is -0.143. The maximum absolute atomic E-state index is 12.2. The molecule has 33 heavy (non-hydrogen) atoms. The lowest BCUT2D eigenvalue weighted by Gasteiger charge is -2.08. The number of Topliss-reactive ketones (excluding diaryl/α,β-unsaturated/α-hetero) is 1. The van der Waals surface area contributed by atoms with E-state index in [-0.39, 0.29) is 35.8 Å². The highest BCUT2D eigenvalue weighted by atomic mass is 16.5. The largest absolute Gasteiger partial charge is 0.457 e. The molecule has 0 bridgehead atoms. The standard InChI is InChI=1S/C25H23NO7/c1-16-5-8-19(14-17(16)2)26-23(28)11-12-24(29)32-15-21(27)18-6-9-20(10-7-18)33-25(30)22-4-3-13-31-22/h3-10,13-14H,11-12,15H2,1-2H3,(H,26,28).